The summed E-state index contributed by atoms with van der Waals surface area (Å²) >= 11 is 0. The standard InChI is InChI=1S/C18H34N2O/c1-3-16-12-19-17(15-8-5-4-6-9-15)13-20(16)14-18(2)10-7-11-21-18/h15-17,19H,3-14H2,1-2H3. The number of hydrogen-bond donors (Lipinski definition) is 1. The fourth-order valence-corrected chi connectivity index (χ4v) is 4.72. The summed E-state index contributed by atoms with van der Waals surface area (Å²) in [5.41, 5.74) is 0.113. The monoisotopic (exact) mass is 294 g/mol. The first-order valence-corrected chi connectivity index (χ1v) is 9.31. The molecule has 0 radical (unpaired) electrons. The summed E-state index contributed by atoms with van der Waals surface area (Å²) in [5.74, 6) is 0.913. The molecule has 2 saturated heterocycles. The van der Waals surface area contributed by atoms with E-state index in [1.807, 2.05) is 0 Å². The van der Waals surface area contributed by atoms with Crippen molar-refractivity contribution in [3.05, 3.63) is 0 Å². The molecule has 3 aliphatic rings. The predicted octanol–water partition coefficient (Wildman–Crippen LogP) is 3.19. The lowest BCUT2D eigenvalue weighted by Gasteiger charge is -2.46. The highest BCUT2D eigenvalue weighted by Crippen LogP contribution is 2.31. The summed E-state index contributed by atoms with van der Waals surface area (Å²) in [6.07, 6.45) is 11.0. The lowest BCUT2D eigenvalue weighted by Crippen LogP contribution is -2.61. The van der Waals surface area contributed by atoms with Crippen molar-refractivity contribution in [2.45, 2.75) is 82.9 Å². The summed E-state index contributed by atoms with van der Waals surface area (Å²) in [7, 11) is 0. The topological polar surface area (TPSA) is 24.5 Å². The number of piperazine rings is 1. The van der Waals surface area contributed by atoms with Gasteiger partial charge in [-0.25, -0.2) is 0 Å². The first-order chi connectivity index (χ1) is 10.2. The van der Waals surface area contributed by atoms with E-state index < -0.39 is 0 Å². The van der Waals surface area contributed by atoms with Gasteiger partial charge in [-0.2, -0.15) is 0 Å². The summed E-state index contributed by atoms with van der Waals surface area (Å²) in [6.45, 7) is 9.17. The van der Waals surface area contributed by atoms with Gasteiger partial charge < -0.3 is 10.1 Å². The zero-order chi connectivity index (χ0) is 14.7. The lowest BCUT2D eigenvalue weighted by atomic mass is 9.82. The molecule has 0 spiro atoms. The zero-order valence-electron chi connectivity index (χ0n) is 14.1. The highest BCUT2D eigenvalue weighted by molar-refractivity contribution is 4.94. The summed E-state index contributed by atoms with van der Waals surface area (Å²) in [5, 5.41) is 3.87. The zero-order valence-corrected chi connectivity index (χ0v) is 14.1. The number of hydrogen-bond acceptors (Lipinski definition) is 3. The maximum atomic E-state index is 6.05. The molecular formula is C18H34N2O. The first kappa shape index (κ1) is 15.8. The van der Waals surface area contributed by atoms with Gasteiger partial charge in [-0.15, -0.1) is 0 Å². The van der Waals surface area contributed by atoms with Gasteiger partial charge in [0.1, 0.15) is 0 Å². The SMILES string of the molecule is CCC1CNC(C2CCCCC2)CN1CC1(C)CCCO1. The molecule has 0 amide bonds. The van der Waals surface area contributed by atoms with Crippen LogP contribution < -0.4 is 5.32 Å². The normalized spacial score (nSPS) is 39.7. The number of nitrogens with one attached hydrogen (secondary N) is 1. The van der Waals surface area contributed by atoms with Gasteiger partial charge in [0.15, 0.2) is 0 Å². The van der Waals surface area contributed by atoms with E-state index in [0.717, 1.165) is 25.1 Å². The molecule has 3 fully saturated rings. The fraction of sp³-hybridized carbons (Fsp3) is 1.00. The van der Waals surface area contributed by atoms with Crippen LogP contribution in [0.2, 0.25) is 0 Å². The Kier molecular flexibility index (Phi) is 5.23. The average Bonchev–Trinajstić information content (AvgIpc) is 2.94. The molecule has 2 heterocycles. The average molecular weight is 294 g/mol. The second kappa shape index (κ2) is 6.97. The van der Waals surface area contributed by atoms with Crippen molar-refractivity contribution in [1.29, 1.82) is 0 Å². The third kappa shape index (κ3) is 3.80. The Balaban J connectivity index is 1.61. The van der Waals surface area contributed by atoms with Crippen molar-refractivity contribution in [2.75, 3.05) is 26.2 Å². The molecule has 1 aliphatic carbocycles. The molecule has 0 aromatic heterocycles. The number of ether oxygens (including phenoxy) is 1. The smallest absolute Gasteiger partial charge is 0.0781 e. The van der Waals surface area contributed by atoms with Crippen LogP contribution in [0.4, 0.5) is 0 Å². The highest BCUT2D eigenvalue weighted by atomic mass is 16.5. The van der Waals surface area contributed by atoms with Gasteiger partial charge >= 0.3 is 0 Å². The van der Waals surface area contributed by atoms with Gasteiger partial charge in [-0.05, 0) is 44.9 Å². The van der Waals surface area contributed by atoms with Gasteiger partial charge in [0.2, 0.25) is 0 Å². The Bertz CT molecular complexity index is 321. The highest BCUT2D eigenvalue weighted by Gasteiger charge is 2.38. The van der Waals surface area contributed by atoms with E-state index in [9.17, 15) is 0 Å². The van der Waals surface area contributed by atoms with Crippen LogP contribution in [0.3, 0.4) is 0 Å². The Labute approximate surface area is 130 Å². The Morgan fingerprint density at radius 1 is 1.19 bits per heavy atom. The van der Waals surface area contributed by atoms with Crippen LogP contribution in [-0.4, -0.2) is 48.8 Å². The molecule has 2 aliphatic heterocycles. The molecule has 1 N–H and O–H groups in total. The van der Waals surface area contributed by atoms with Gasteiger partial charge in [-0.1, -0.05) is 26.2 Å². The molecule has 0 aromatic rings. The van der Waals surface area contributed by atoms with Crippen molar-refractivity contribution in [3.63, 3.8) is 0 Å². The van der Waals surface area contributed by atoms with Crippen LogP contribution in [0, 0.1) is 5.92 Å². The van der Waals surface area contributed by atoms with Gasteiger partial charge in [0.25, 0.3) is 0 Å². The minimum absolute atomic E-state index is 0.113. The number of rotatable bonds is 4. The van der Waals surface area contributed by atoms with Crippen molar-refractivity contribution in [2.24, 2.45) is 5.92 Å². The minimum Gasteiger partial charge on any atom is -0.374 e. The fourth-order valence-electron chi connectivity index (χ4n) is 4.72. The molecule has 0 aromatic carbocycles. The van der Waals surface area contributed by atoms with Crippen molar-refractivity contribution in [3.8, 4) is 0 Å². The van der Waals surface area contributed by atoms with Crippen molar-refractivity contribution >= 4 is 0 Å². The molecule has 3 atom stereocenters. The van der Waals surface area contributed by atoms with Crippen LogP contribution in [0.1, 0.15) is 65.2 Å². The quantitative estimate of drug-likeness (QED) is 0.862. The van der Waals surface area contributed by atoms with Crippen LogP contribution in [0.5, 0.6) is 0 Å². The third-order valence-corrected chi connectivity index (χ3v) is 6.09. The molecule has 3 nitrogen and oxygen atoms in total. The summed E-state index contributed by atoms with van der Waals surface area (Å²) in [4.78, 5) is 2.75. The van der Waals surface area contributed by atoms with E-state index in [2.05, 4.69) is 24.1 Å². The first-order valence-electron chi connectivity index (χ1n) is 9.31. The van der Waals surface area contributed by atoms with E-state index in [1.54, 1.807) is 0 Å². The van der Waals surface area contributed by atoms with E-state index in [0.29, 0.717) is 6.04 Å². The van der Waals surface area contributed by atoms with Gasteiger partial charge in [0.05, 0.1) is 5.60 Å². The van der Waals surface area contributed by atoms with Crippen LogP contribution in [0.25, 0.3) is 0 Å². The minimum atomic E-state index is 0.113. The molecule has 1 saturated carbocycles. The van der Waals surface area contributed by atoms with E-state index in [-0.39, 0.29) is 5.60 Å². The third-order valence-electron chi connectivity index (χ3n) is 6.09. The van der Waals surface area contributed by atoms with Crippen molar-refractivity contribution in [1.82, 2.24) is 10.2 Å². The van der Waals surface area contributed by atoms with E-state index >= 15 is 0 Å². The molecule has 122 valence electrons. The van der Waals surface area contributed by atoms with Crippen LogP contribution >= 0.6 is 0 Å². The lowest BCUT2D eigenvalue weighted by molar-refractivity contribution is -0.0322. The Morgan fingerprint density at radius 2 is 2.00 bits per heavy atom. The number of nitrogens with zero attached hydrogens (tertiary/aromatic N) is 1. The predicted molar refractivity (Wildman–Crippen MR) is 87.6 cm³/mol. The molecule has 3 unspecified atom stereocenters. The Hall–Kier alpha value is -0.120. The van der Waals surface area contributed by atoms with E-state index in [1.165, 1.54) is 64.5 Å². The van der Waals surface area contributed by atoms with Gasteiger partial charge in [-0.3, -0.25) is 4.90 Å². The van der Waals surface area contributed by atoms with E-state index in [4.69, 9.17) is 4.74 Å². The van der Waals surface area contributed by atoms with Crippen LogP contribution in [-0.2, 0) is 4.74 Å². The molecule has 0 bridgehead atoms. The molecular weight excluding hydrogens is 260 g/mol. The van der Waals surface area contributed by atoms with Gasteiger partial charge in [0, 0.05) is 38.3 Å². The van der Waals surface area contributed by atoms with Crippen LogP contribution in [0.15, 0.2) is 0 Å². The Morgan fingerprint density at radius 3 is 2.67 bits per heavy atom. The maximum absolute atomic E-state index is 6.05. The van der Waals surface area contributed by atoms with Crippen molar-refractivity contribution < 1.29 is 4.74 Å². The molecule has 3 heteroatoms. The second-order valence-electron chi connectivity index (χ2n) is 7.81. The maximum Gasteiger partial charge on any atom is 0.0781 e. The largest absolute Gasteiger partial charge is 0.374 e. The summed E-state index contributed by atoms with van der Waals surface area (Å²) < 4.78 is 6.05. The second-order valence-corrected chi connectivity index (χ2v) is 7.81. The molecule has 21 heavy (non-hydrogen) atoms. The molecule has 3 rings (SSSR count). The summed E-state index contributed by atoms with van der Waals surface area (Å²) in [6, 6.07) is 1.42.